The van der Waals surface area contributed by atoms with Crippen molar-refractivity contribution in [2.45, 2.75) is 13.8 Å². The van der Waals surface area contributed by atoms with Crippen molar-refractivity contribution in [1.29, 1.82) is 0 Å². The number of halogens is 2. The van der Waals surface area contributed by atoms with E-state index in [1.165, 1.54) is 0 Å². The van der Waals surface area contributed by atoms with Crippen LogP contribution >= 0.6 is 27.5 Å². The molecule has 0 bridgehead atoms. The Balaban J connectivity index is 2.98. The summed E-state index contributed by atoms with van der Waals surface area (Å²) < 4.78 is 0.948. The number of nitrogen functional groups attached to an aromatic ring is 1. The van der Waals surface area contributed by atoms with Gasteiger partial charge in [-0.1, -0.05) is 11.6 Å². The zero-order chi connectivity index (χ0) is 11.2. The first-order valence-corrected chi connectivity index (χ1v) is 5.69. The molecule has 0 spiro atoms. The van der Waals surface area contributed by atoms with Gasteiger partial charge < -0.3 is 5.73 Å². The fourth-order valence-corrected chi connectivity index (χ4v) is 2.39. The first-order chi connectivity index (χ1) is 7.00. The number of anilines is 1. The number of hydrogen-bond acceptors (Lipinski definition) is 2. The zero-order valence-electron chi connectivity index (χ0n) is 8.44. The normalized spacial score (nSPS) is 10.9. The average Bonchev–Trinajstić information content (AvgIpc) is 2.17. The molecule has 2 nitrogen and oxygen atoms in total. The molecule has 0 saturated heterocycles. The quantitative estimate of drug-likeness (QED) is 0.798. The summed E-state index contributed by atoms with van der Waals surface area (Å²) >= 11 is 9.54. The largest absolute Gasteiger partial charge is 0.397 e. The van der Waals surface area contributed by atoms with Gasteiger partial charge in [-0.2, -0.15) is 0 Å². The van der Waals surface area contributed by atoms with E-state index < -0.39 is 0 Å². The van der Waals surface area contributed by atoms with Gasteiger partial charge in [0.05, 0.1) is 21.9 Å². The van der Waals surface area contributed by atoms with E-state index in [1.807, 2.05) is 26.0 Å². The van der Waals surface area contributed by atoms with E-state index in [9.17, 15) is 0 Å². The minimum absolute atomic E-state index is 0.542. The van der Waals surface area contributed by atoms with Crippen molar-refractivity contribution in [3.8, 4) is 0 Å². The highest BCUT2D eigenvalue weighted by atomic mass is 79.9. The standard InChI is InChI=1S/C11H10BrClN2/c1-5-3-7-10(14)9(13)6(2)15-11(7)8(12)4-5/h3-4H,1-2H3,(H2,14,15). The van der Waals surface area contributed by atoms with Gasteiger partial charge in [0, 0.05) is 9.86 Å². The fourth-order valence-electron chi connectivity index (χ4n) is 1.58. The summed E-state index contributed by atoms with van der Waals surface area (Å²) in [4.78, 5) is 4.42. The molecule has 15 heavy (non-hydrogen) atoms. The number of nitrogens with two attached hydrogens (primary N) is 1. The van der Waals surface area contributed by atoms with Crippen molar-refractivity contribution in [1.82, 2.24) is 4.98 Å². The maximum atomic E-state index is 6.06. The van der Waals surface area contributed by atoms with Crippen molar-refractivity contribution in [3.63, 3.8) is 0 Å². The molecule has 0 radical (unpaired) electrons. The summed E-state index contributed by atoms with van der Waals surface area (Å²) in [7, 11) is 0. The molecular weight excluding hydrogens is 275 g/mol. The van der Waals surface area contributed by atoms with Gasteiger partial charge >= 0.3 is 0 Å². The first-order valence-electron chi connectivity index (χ1n) is 4.52. The van der Waals surface area contributed by atoms with E-state index in [0.29, 0.717) is 10.7 Å². The van der Waals surface area contributed by atoms with Crippen LogP contribution in [0.2, 0.25) is 5.02 Å². The molecule has 2 N–H and O–H groups in total. The molecule has 1 aromatic carbocycles. The van der Waals surface area contributed by atoms with E-state index in [1.54, 1.807) is 0 Å². The second-order valence-corrected chi connectivity index (χ2v) is 4.80. The van der Waals surface area contributed by atoms with E-state index in [-0.39, 0.29) is 0 Å². The Labute approximate surface area is 102 Å². The molecule has 0 saturated carbocycles. The van der Waals surface area contributed by atoms with Gasteiger partial charge in [0.1, 0.15) is 0 Å². The van der Waals surface area contributed by atoms with Crippen molar-refractivity contribution in [3.05, 3.63) is 32.9 Å². The number of fused-ring (bicyclic) bond motifs is 1. The molecule has 4 heteroatoms. The number of aromatic nitrogens is 1. The third kappa shape index (κ3) is 1.70. The van der Waals surface area contributed by atoms with Crippen LogP contribution in [-0.2, 0) is 0 Å². The number of nitrogens with zero attached hydrogens (tertiary/aromatic N) is 1. The maximum Gasteiger partial charge on any atom is 0.0869 e. The monoisotopic (exact) mass is 284 g/mol. The van der Waals surface area contributed by atoms with Crippen LogP contribution in [0, 0.1) is 13.8 Å². The number of aryl methyl sites for hydroxylation is 2. The number of pyridine rings is 1. The highest BCUT2D eigenvalue weighted by Gasteiger charge is 2.10. The lowest BCUT2D eigenvalue weighted by molar-refractivity contribution is 1.25. The summed E-state index contributed by atoms with van der Waals surface area (Å²) in [6, 6.07) is 4.01. The number of benzene rings is 1. The van der Waals surface area contributed by atoms with Gasteiger partial charge in [-0.05, 0) is 47.5 Å². The Kier molecular flexibility index (Phi) is 2.61. The van der Waals surface area contributed by atoms with Crippen LogP contribution in [0.5, 0.6) is 0 Å². The van der Waals surface area contributed by atoms with Crippen LogP contribution in [0.15, 0.2) is 16.6 Å². The molecule has 0 amide bonds. The number of rotatable bonds is 0. The van der Waals surface area contributed by atoms with Crippen molar-refractivity contribution in [2.24, 2.45) is 0 Å². The second kappa shape index (κ2) is 3.65. The minimum Gasteiger partial charge on any atom is -0.397 e. The summed E-state index contributed by atoms with van der Waals surface area (Å²) in [6.45, 7) is 3.86. The molecule has 2 rings (SSSR count). The van der Waals surface area contributed by atoms with Crippen LogP contribution in [0.3, 0.4) is 0 Å². The average molecular weight is 286 g/mol. The van der Waals surface area contributed by atoms with Crippen LogP contribution in [-0.4, -0.2) is 4.98 Å². The van der Waals surface area contributed by atoms with Crippen LogP contribution in [0.4, 0.5) is 5.69 Å². The Bertz CT molecular complexity index is 552. The third-order valence-corrected chi connectivity index (χ3v) is 3.41. The van der Waals surface area contributed by atoms with Crippen molar-refractivity contribution in [2.75, 3.05) is 5.73 Å². The lowest BCUT2D eigenvalue weighted by atomic mass is 10.1. The molecule has 0 unspecified atom stereocenters. The Morgan fingerprint density at radius 1 is 1.33 bits per heavy atom. The summed E-state index contributed by atoms with van der Waals surface area (Å²) in [5.41, 5.74) is 9.31. The van der Waals surface area contributed by atoms with Gasteiger partial charge in [0.15, 0.2) is 0 Å². The van der Waals surface area contributed by atoms with Gasteiger partial charge in [0.25, 0.3) is 0 Å². The summed E-state index contributed by atoms with van der Waals surface area (Å²) in [5.74, 6) is 0. The molecule has 78 valence electrons. The molecule has 2 aromatic rings. The first kappa shape index (κ1) is 10.7. The van der Waals surface area contributed by atoms with Crippen LogP contribution in [0.25, 0.3) is 10.9 Å². The number of hydrogen-bond donors (Lipinski definition) is 1. The predicted molar refractivity (Wildman–Crippen MR) is 68.3 cm³/mol. The minimum atomic E-state index is 0.542. The molecular formula is C11H10BrClN2. The highest BCUT2D eigenvalue weighted by molar-refractivity contribution is 9.10. The van der Waals surface area contributed by atoms with Gasteiger partial charge in [0.2, 0.25) is 0 Å². The van der Waals surface area contributed by atoms with E-state index in [2.05, 4.69) is 20.9 Å². The Morgan fingerprint density at radius 2 is 2.00 bits per heavy atom. The SMILES string of the molecule is Cc1cc(Br)c2nc(C)c(Cl)c(N)c2c1. The third-order valence-electron chi connectivity index (χ3n) is 2.33. The molecule has 1 heterocycles. The van der Waals surface area contributed by atoms with E-state index in [0.717, 1.165) is 26.6 Å². The van der Waals surface area contributed by atoms with Crippen molar-refractivity contribution >= 4 is 44.1 Å². The molecule has 1 aromatic heterocycles. The smallest absolute Gasteiger partial charge is 0.0869 e. The highest BCUT2D eigenvalue weighted by Crippen LogP contribution is 2.33. The second-order valence-electron chi connectivity index (χ2n) is 3.57. The molecule has 0 aliphatic carbocycles. The molecule has 0 aliphatic rings. The lowest BCUT2D eigenvalue weighted by Gasteiger charge is -2.09. The van der Waals surface area contributed by atoms with Gasteiger partial charge in [-0.25, -0.2) is 0 Å². The predicted octanol–water partition coefficient (Wildman–Crippen LogP) is 3.85. The molecule has 0 aliphatic heterocycles. The Morgan fingerprint density at radius 3 is 2.67 bits per heavy atom. The molecule has 0 atom stereocenters. The van der Waals surface area contributed by atoms with Crippen LogP contribution < -0.4 is 5.73 Å². The van der Waals surface area contributed by atoms with Crippen molar-refractivity contribution < 1.29 is 0 Å². The topological polar surface area (TPSA) is 38.9 Å². The molecule has 0 fully saturated rings. The van der Waals surface area contributed by atoms with E-state index >= 15 is 0 Å². The maximum absolute atomic E-state index is 6.06. The summed E-state index contributed by atoms with van der Waals surface area (Å²) in [6.07, 6.45) is 0. The zero-order valence-corrected chi connectivity index (χ0v) is 10.8. The lowest BCUT2D eigenvalue weighted by Crippen LogP contribution is -1.95. The Hall–Kier alpha value is -0.800. The van der Waals surface area contributed by atoms with Gasteiger partial charge in [-0.15, -0.1) is 0 Å². The van der Waals surface area contributed by atoms with Gasteiger partial charge in [-0.3, -0.25) is 4.98 Å². The van der Waals surface area contributed by atoms with Crippen LogP contribution in [0.1, 0.15) is 11.3 Å². The van der Waals surface area contributed by atoms with E-state index in [4.69, 9.17) is 17.3 Å². The summed E-state index contributed by atoms with van der Waals surface area (Å²) in [5, 5.41) is 1.44. The fraction of sp³-hybridized carbons (Fsp3) is 0.182.